The molecule has 1 N–H and O–H groups in total. The van der Waals surface area contributed by atoms with Crippen LogP contribution >= 0.6 is 12.4 Å². The van der Waals surface area contributed by atoms with Gasteiger partial charge in [0.25, 0.3) is 0 Å². The van der Waals surface area contributed by atoms with E-state index in [0.717, 1.165) is 25.4 Å². The number of hydrogen-bond acceptors (Lipinski definition) is 3. The second-order valence-electron chi connectivity index (χ2n) is 4.59. The molecule has 0 radical (unpaired) electrons. The van der Waals surface area contributed by atoms with Crippen LogP contribution in [0.15, 0.2) is 24.3 Å². The molecular formula is C14H23ClN2O. The molecule has 0 aliphatic carbocycles. The van der Waals surface area contributed by atoms with Gasteiger partial charge in [-0.05, 0) is 38.1 Å². The number of nitrogens with one attached hydrogen (secondary N) is 1. The van der Waals surface area contributed by atoms with Crippen LogP contribution in [0, 0.1) is 0 Å². The molecule has 1 fully saturated rings. The molecule has 0 bridgehead atoms. The summed E-state index contributed by atoms with van der Waals surface area (Å²) in [7, 11) is 2.05. The molecule has 1 aromatic rings. The SMILES string of the molecule is CCOc1ccc(CN2CCC(NC)C2)cc1.Cl. The molecule has 1 aromatic carbocycles. The number of hydrogen-bond donors (Lipinski definition) is 1. The van der Waals surface area contributed by atoms with Crippen LogP contribution in [-0.4, -0.2) is 37.7 Å². The second kappa shape index (κ2) is 7.62. The summed E-state index contributed by atoms with van der Waals surface area (Å²) in [6.45, 7) is 6.14. The lowest BCUT2D eigenvalue weighted by molar-refractivity contribution is 0.321. The van der Waals surface area contributed by atoms with Crippen molar-refractivity contribution in [3.63, 3.8) is 0 Å². The largest absolute Gasteiger partial charge is 0.494 e. The van der Waals surface area contributed by atoms with Gasteiger partial charge in [-0.1, -0.05) is 12.1 Å². The molecule has 0 amide bonds. The number of benzene rings is 1. The molecule has 2 rings (SSSR count). The second-order valence-corrected chi connectivity index (χ2v) is 4.59. The van der Waals surface area contributed by atoms with Gasteiger partial charge in [0, 0.05) is 25.7 Å². The highest BCUT2D eigenvalue weighted by molar-refractivity contribution is 5.85. The zero-order valence-corrected chi connectivity index (χ0v) is 12.0. The Morgan fingerprint density at radius 3 is 2.61 bits per heavy atom. The molecule has 18 heavy (non-hydrogen) atoms. The van der Waals surface area contributed by atoms with Crippen LogP contribution in [-0.2, 0) is 6.54 Å². The molecular weight excluding hydrogens is 248 g/mol. The Labute approximate surface area is 116 Å². The first-order valence-electron chi connectivity index (χ1n) is 6.43. The van der Waals surface area contributed by atoms with E-state index in [1.165, 1.54) is 18.5 Å². The van der Waals surface area contributed by atoms with Crippen molar-refractivity contribution in [3.05, 3.63) is 29.8 Å². The van der Waals surface area contributed by atoms with Gasteiger partial charge in [-0.3, -0.25) is 4.90 Å². The fourth-order valence-electron chi connectivity index (χ4n) is 2.33. The van der Waals surface area contributed by atoms with Crippen molar-refractivity contribution in [2.45, 2.75) is 25.9 Å². The van der Waals surface area contributed by atoms with E-state index in [0.29, 0.717) is 6.04 Å². The highest BCUT2D eigenvalue weighted by atomic mass is 35.5. The third-order valence-electron chi connectivity index (χ3n) is 3.32. The lowest BCUT2D eigenvalue weighted by Gasteiger charge is -2.16. The molecule has 1 saturated heterocycles. The minimum absolute atomic E-state index is 0. The molecule has 3 nitrogen and oxygen atoms in total. The van der Waals surface area contributed by atoms with E-state index in [4.69, 9.17) is 4.74 Å². The van der Waals surface area contributed by atoms with Gasteiger partial charge in [0.15, 0.2) is 0 Å². The fourth-order valence-corrected chi connectivity index (χ4v) is 2.33. The maximum atomic E-state index is 5.44. The predicted octanol–water partition coefficient (Wildman–Crippen LogP) is 2.30. The molecule has 1 atom stereocenters. The Morgan fingerprint density at radius 1 is 1.33 bits per heavy atom. The van der Waals surface area contributed by atoms with Crippen LogP contribution in [0.5, 0.6) is 5.75 Å². The Balaban J connectivity index is 0.00000162. The van der Waals surface area contributed by atoms with Gasteiger partial charge >= 0.3 is 0 Å². The lowest BCUT2D eigenvalue weighted by atomic mass is 10.2. The molecule has 1 unspecified atom stereocenters. The molecule has 0 saturated carbocycles. The Morgan fingerprint density at radius 2 is 2.06 bits per heavy atom. The Hall–Kier alpha value is -0.770. The summed E-state index contributed by atoms with van der Waals surface area (Å²) < 4.78 is 5.44. The first-order valence-corrected chi connectivity index (χ1v) is 6.43. The van der Waals surface area contributed by atoms with Gasteiger partial charge in [-0.25, -0.2) is 0 Å². The number of nitrogens with zero attached hydrogens (tertiary/aromatic N) is 1. The van der Waals surface area contributed by atoms with Crippen LogP contribution in [0.1, 0.15) is 18.9 Å². The van der Waals surface area contributed by atoms with Gasteiger partial charge < -0.3 is 10.1 Å². The van der Waals surface area contributed by atoms with Crippen LogP contribution in [0.2, 0.25) is 0 Å². The summed E-state index contributed by atoms with van der Waals surface area (Å²) in [6, 6.07) is 9.11. The first kappa shape index (κ1) is 15.3. The molecule has 1 aliphatic heterocycles. The van der Waals surface area contributed by atoms with Gasteiger partial charge in [0.1, 0.15) is 5.75 Å². The van der Waals surface area contributed by atoms with Crippen molar-refractivity contribution in [1.82, 2.24) is 10.2 Å². The molecule has 102 valence electrons. The zero-order chi connectivity index (χ0) is 12.1. The van der Waals surface area contributed by atoms with E-state index in [9.17, 15) is 0 Å². The van der Waals surface area contributed by atoms with E-state index >= 15 is 0 Å². The normalized spacial score (nSPS) is 19.6. The molecule has 1 aliphatic rings. The quantitative estimate of drug-likeness (QED) is 0.889. The molecule has 4 heteroatoms. The lowest BCUT2D eigenvalue weighted by Crippen LogP contribution is -2.29. The van der Waals surface area contributed by atoms with Crippen molar-refractivity contribution in [1.29, 1.82) is 0 Å². The summed E-state index contributed by atoms with van der Waals surface area (Å²) in [5, 5.41) is 3.34. The maximum absolute atomic E-state index is 5.44. The van der Waals surface area contributed by atoms with Crippen molar-refractivity contribution in [2.75, 3.05) is 26.7 Å². The summed E-state index contributed by atoms with van der Waals surface area (Å²) in [5.41, 5.74) is 1.37. The number of likely N-dealkylation sites (tertiary alicyclic amines) is 1. The summed E-state index contributed by atoms with van der Waals surface area (Å²) in [5.74, 6) is 0.964. The minimum Gasteiger partial charge on any atom is -0.494 e. The van der Waals surface area contributed by atoms with Crippen molar-refractivity contribution >= 4 is 12.4 Å². The molecule has 0 aromatic heterocycles. The van der Waals surface area contributed by atoms with E-state index in [-0.39, 0.29) is 12.4 Å². The monoisotopic (exact) mass is 270 g/mol. The number of halogens is 1. The maximum Gasteiger partial charge on any atom is 0.119 e. The standard InChI is InChI=1S/C14H22N2O.ClH/c1-3-17-14-6-4-12(5-7-14)10-16-9-8-13(11-16)15-2;/h4-7,13,15H,3,8-11H2,1-2H3;1H. The van der Waals surface area contributed by atoms with Gasteiger partial charge in [-0.15, -0.1) is 12.4 Å². The summed E-state index contributed by atoms with van der Waals surface area (Å²) >= 11 is 0. The molecule has 1 heterocycles. The minimum atomic E-state index is 0. The zero-order valence-electron chi connectivity index (χ0n) is 11.2. The van der Waals surface area contributed by atoms with Crippen LogP contribution in [0.4, 0.5) is 0 Å². The Kier molecular flexibility index (Phi) is 6.47. The summed E-state index contributed by atoms with van der Waals surface area (Å²) in [4.78, 5) is 2.50. The van der Waals surface area contributed by atoms with E-state index in [1.807, 2.05) is 14.0 Å². The van der Waals surface area contributed by atoms with Crippen molar-refractivity contribution in [3.8, 4) is 5.75 Å². The average Bonchev–Trinajstić information content (AvgIpc) is 2.80. The van der Waals surface area contributed by atoms with Crippen molar-refractivity contribution < 1.29 is 4.74 Å². The first-order chi connectivity index (χ1) is 8.31. The van der Waals surface area contributed by atoms with Gasteiger partial charge in [-0.2, -0.15) is 0 Å². The third-order valence-corrected chi connectivity index (χ3v) is 3.32. The van der Waals surface area contributed by atoms with Gasteiger partial charge in [0.2, 0.25) is 0 Å². The molecule has 0 spiro atoms. The Bertz CT molecular complexity index is 342. The van der Waals surface area contributed by atoms with Crippen LogP contribution in [0.25, 0.3) is 0 Å². The summed E-state index contributed by atoms with van der Waals surface area (Å²) in [6.07, 6.45) is 1.26. The highest BCUT2D eigenvalue weighted by Gasteiger charge is 2.20. The van der Waals surface area contributed by atoms with Crippen LogP contribution in [0.3, 0.4) is 0 Å². The highest BCUT2D eigenvalue weighted by Crippen LogP contribution is 2.16. The predicted molar refractivity (Wildman–Crippen MR) is 77.6 cm³/mol. The third kappa shape index (κ3) is 4.16. The number of likely N-dealkylation sites (N-methyl/N-ethyl adjacent to an activating group) is 1. The van der Waals surface area contributed by atoms with E-state index < -0.39 is 0 Å². The average molecular weight is 271 g/mol. The number of rotatable bonds is 5. The topological polar surface area (TPSA) is 24.5 Å². The van der Waals surface area contributed by atoms with Gasteiger partial charge in [0.05, 0.1) is 6.61 Å². The fraction of sp³-hybridized carbons (Fsp3) is 0.571. The number of ether oxygens (including phenoxy) is 1. The van der Waals surface area contributed by atoms with E-state index in [2.05, 4.69) is 34.5 Å². The smallest absolute Gasteiger partial charge is 0.119 e. The van der Waals surface area contributed by atoms with Crippen LogP contribution < -0.4 is 10.1 Å². The van der Waals surface area contributed by atoms with E-state index in [1.54, 1.807) is 0 Å². The van der Waals surface area contributed by atoms with Crippen molar-refractivity contribution in [2.24, 2.45) is 0 Å².